The van der Waals surface area contributed by atoms with Gasteiger partial charge < -0.3 is 15.8 Å². The lowest BCUT2D eigenvalue weighted by Crippen LogP contribution is -2.38. The molecule has 4 nitrogen and oxygen atoms in total. The minimum absolute atomic E-state index is 0.0118. The van der Waals surface area contributed by atoms with Crippen molar-refractivity contribution in [2.75, 3.05) is 13.7 Å². The summed E-state index contributed by atoms with van der Waals surface area (Å²) in [6, 6.07) is 3.04. The van der Waals surface area contributed by atoms with Gasteiger partial charge in [0.05, 0.1) is 22.7 Å². The zero-order valence-electron chi connectivity index (χ0n) is 10.6. The summed E-state index contributed by atoms with van der Waals surface area (Å²) in [5.41, 5.74) is 6.30. The van der Waals surface area contributed by atoms with Crippen LogP contribution < -0.4 is 15.8 Å². The van der Waals surface area contributed by atoms with E-state index in [0.717, 1.165) is 12.8 Å². The topological polar surface area (TPSA) is 64.3 Å². The smallest absolute Gasteiger partial charge is 0.255 e. The SMILES string of the molecule is COc1cc(Cl)c(Cl)cc1C(=O)NCC(N)C1CC1. The summed E-state index contributed by atoms with van der Waals surface area (Å²) in [6.45, 7) is 0.451. The van der Waals surface area contributed by atoms with E-state index in [4.69, 9.17) is 33.7 Å². The van der Waals surface area contributed by atoms with E-state index in [1.54, 1.807) is 0 Å². The fourth-order valence-corrected chi connectivity index (χ4v) is 2.19. The van der Waals surface area contributed by atoms with Crippen molar-refractivity contribution in [3.63, 3.8) is 0 Å². The van der Waals surface area contributed by atoms with Crippen molar-refractivity contribution in [3.05, 3.63) is 27.7 Å². The number of methoxy groups -OCH3 is 1. The van der Waals surface area contributed by atoms with E-state index in [1.165, 1.54) is 19.2 Å². The van der Waals surface area contributed by atoms with Gasteiger partial charge in [0.2, 0.25) is 0 Å². The molecule has 1 fully saturated rings. The van der Waals surface area contributed by atoms with E-state index in [1.807, 2.05) is 0 Å². The summed E-state index contributed by atoms with van der Waals surface area (Å²) >= 11 is 11.8. The third-order valence-corrected chi connectivity index (χ3v) is 3.94. The molecular weight excluding hydrogens is 287 g/mol. The maximum atomic E-state index is 12.1. The van der Waals surface area contributed by atoms with E-state index in [2.05, 4.69) is 5.32 Å². The first kappa shape index (κ1) is 14.4. The number of rotatable bonds is 5. The molecule has 104 valence electrons. The molecule has 2 rings (SSSR count). The molecule has 1 amide bonds. The van der Waals surface area contributed by atoms with Crippen LogP contribution in [-0.4, -0.2) is 25.6 Å². The minimum atomic E-state index is -0.258. The fourth-order valence-electron chi connectivity index (χ4n) is 1.87. The van der Waals surface area contributed by atoms with Crippen LogP contribution >= 0.6 is 23.2 Å². The molecule has 0 saturated heterocycles. The molecule has 0 bridgehead atoms. The number of carbonyl (C=O) groups is 1. The number of hydrogen-bond acceptors (Lipinski definition) is 3. The molecule has 1 aromatic carbocycles. The Morgan fingerprint density at radius 2 is 2.11 bits per heavy atom. The van der Waals surface area contributed by atoms with Gasteiger partial charge in [-0.3, -0.25) is 4.79 Å². The van der Waals surface area contributed by atoms with E-state index < -0.39 is 0 Å². The lowest BCUT2D eigenvalue weighted by Gasteiger charge is -2.14. The highest BCUT2D eigenvalue weighted by Gasteiger charge is 2.28. The Morgan fingerprint density at radius 1 is 1.47 bits per heavy atom. The molecule has 1 unspecified atom stereocenters. The molecule has 6 heteroatoms. The van der Waals surface area contributed by atoms with Gasteiger partial charge in [0, 0.05) is 18.7 Å². The van der Waals surface area contributed by atoms with Gasteiger partial charge in [0.25, 0.3) is 5.91 Å². The molecule has 0 aromatic heterocycles. The average Bonchev–Trinajstić information content (AvgIpc) is 3.22. The maximum Gasteiger partial charge on any atom is 0.255 e. The average molecular weight is 303 g/mol. The van der Waals surface area contributed by atoms with Crippen molar-refractivity contribution >= 4 is 29.1 Å². The molecule has 1 aliphatic rings. The minimum Gasteiger partial charge on any atom is -0.496 e. The van der Waals surface area contributed by atoms with Crippen molar-refractivity contribution < 1.29 is 9.53 Å². The first-order valence-electron chi connectivity index (χ1n) is 6.09. The number of halogens is 2. The standard InChI is InChI=1S/C13H16Cl2N2O2/c1-19-12-5-10(15)9(14)4-8(12)13(18)17-6-11(16)7-2-3-7/h4-5,7,11H,2-3,6,16H2,1H3,(H,17,18). The molecule has 0 aliphatic heterocycles. The quantitative estimate of drug-likeness (QED) is 0.878. The molecule has 19 heavy (non-hydrogen) atoms. The summed E-state index contributed by atoms with van der Waals surface area (Å²) in [4.78, 5) is 12.1. The van der Waals surface area contributed by atoms with Gasteiger partial charge in [-0.2, -0.15) is 0 Å². The number of amides is 1. The van der Waals surface area contributed by atoms with Crippen molar-refractivity contribution in [2.24, 2.45) is 11.7 Å². The molecular formula is C13H16Cl2N2O2. The normalized spacial score (nSPS) is 16.0. The fraction of sp³-hybridized carbons (Fsp3) is 0.462. The summed E-state index contributed by atoms with van der Waals surface area (Å²) in [5.74, 6) is 0.675. The number of carbonyl (C=O) groups excluding carboxylic acids is 1. The van der Waals surface area contributed by atoms with Crippen LogP contribution in [0.15, 0.2) is 12.1 Å². The van der Waals surface area contributed by atoms with Crippen molar-refractivity contribution in [1.29, 1.82) is 0 Å². The first-order valence-corrected chi connectivity index (χ1v) is 6.85. The number of nitrogens with two attached hydrogens (primary N) is 1. The summed E-state index contributed by atoms with van der Waals surface area (Å²) < 4.78 is 5.13. The zero-order valence-corrected chi connectivity index (χ0v) is 12.1. The summed E-state index contributed by atoms with van der Waals surface area (Å²) in [5, 5.41) is 3.47. The van der Waals surface area contributed by atoms with Crippen LogP contribution in [0.1, 0.15) is 23.2 Å². The summed E-state index contributed by atoms with van der Waals surface area (Å²) in [7, 11) is 1.48. The zero-order chi connectivity index (χ0) is 14.0. The molecule has 1 aliphatic carbocycles. The van der Waals surface area contributed by atoms with Gasteiger partial charge in [0.15, 0.2) is 0 Å². The third-order valence-electron chi connectivity index (χ3n) is 3.21. The van der Waals surface area contributed by atoms with Crippen LogP contribution in [0.3, 0.4) is 0 Å². The second-order valence-electron chi connectivity index (χ2n) is 4.68. The monoisotopic (exact) mass is 302 g/mol. The van der Waals surface area contributed by atoms with Gasteiger partial charge in [-0.1, -0.05) is 23.2 Å². The number of nitrogens with one attached hydrogen (secondary N) is 1. The molecule has 0 spiro atoms. The molecule has 1 aromatic rings. The van der Waals surface area contributed by atoms with Crippen molar-refractivity contribution in [2.45, 2.75) is 18.9 Å². The van der Waals surface area contributed by atoms with E-state index in [0.29, 0.717) is 33.8 Å². The third kappa shape index (κ3) is 3.53. The first-order chi connectivity index (χ1) is 9.02. The molecule has 3 N–H and O–H groups in total. The Hall–Kier alpha value is -0.970. The lowest BCUT2D eigenvalue weighted by molar-refractivity contribution is 0.0947. The Morgan fingerprint density at radius 3 is 2.68 bits per heavy atom. The number of benzene rings is 1. The molecule has 1 saturated carbocycles. The van der Waals surface area contributed by atoms with Gasteiger partial charge >= 0.3 is 0 Å². The van der Waals surface area contributed by atoms with Crippen LogP contribution in [0.5, 0.6) is 5.75 Å². The van der Waals surface area contributed by atoms with E-state index in [9.17, 15) is 4.79 Å². The van der Waals surface area contributed by atoms with E-state index >= 15 is 0 Å². The molecule has 0 radical (unpaired) electrons. The number of hydrogen-bond donors (Lipinski definition) is 2. The maximum absolute atomic E-state index is 12.1. The highest BCUT2D eigenvalue weighted by atomic mass is 35.5. The number of ether oxygens (including phenoxy) is 1. The Labute approximate surface area is 122 Å². The predicted octanol–water partition coefficient (Wildman–Crippen LogP) is 2.47. The van der Waals surface area contributed by atoms with Gasteiger partial charge in [-0.05, 0) is 24.8 Å². The van der Waals surface area contributed by atoms with Crippen LogP contribution in [0.25, 0.3) is 0 Å². The highest BCUT2D eigenvalue weighted by molar-refractivity contribution is 6.42. The van der Waals surface area contributed by atoms with Crippen molar-refractivity contribution in [1.82, 2.24) is 5.32 Å². The summed E-state index contributed by atoms with van der Waals surface area (Å²) in [6.07, 6.45) is 2.29. The largest absolute Gasteiger partial charge is 0.496 e. The lowest BCUT2D eigenvalue weighted by atomic mass is 10.1. The van der Waals surface area contributed by atoms with E-state index in [-0.39, 0.29) is 11.9 Å². The van der Waals surface area contributed by atoms with Crippen molar-refractivity contribution in [3.8, 4) is 5.75 Å². The molecule has 1 atom stereocenters. The van der Waals surface area contributed by atoms with Crippen LogP contribution in [0, 0.1) is 5.92 Å². The van der Waals surface area contributed by atoms with Crippen LogP contribution in [-0.2, 0) is 0 Å². The molecule has 0 heterocycles. The Kier molecular flexibility index (Phi) is 4.55. The highest BCUT2D eigenvalue weighted by Crippen LogP contribution is 2.32. The Bertz CT molecular complexity index is 490. The van der Waals surface area contributed by atoms with Gasteiger partial charge in [0.1, 0.15) is 5.75 Å². The second kappa shape index (κ2) is 5.99. The second-order valence-corrected chi connectivity index (χ2v) is 5.49. The van der Waals surface area contributed by atoms with Crippen LogP contribution in [0.4, 0.5) is 0 Å². The van der Waals surface area contributed by atoms with Gasteiger partial charge in [-0.25, -0.2) is 0 Å². The predicted molar refractivity (Wildman–Crippen MR) is 76.0 cm³/mol. The van der Waals surface area contributed by atoms with Crippen LogP contribution in [0.2, 0.25) is 10.0 Å². The van der Waals surface area contributed by atoms with Gasteiger partial charge in [-0.15, -0.1) is 0 Å². The Balaban J connectivity index is 2.06.